The maximum absolute atomic E-state index is 12.6. The lowest BCUT2D eigenvalue weighted by Gasteiger charge is -2.24. The second-order valence-corrected chi connectivity index (χ2v) is 5.77. The quantitative estimate of drug-likeness (QED) is 0.871. The summed E-state index contributed by atoms with van der Waals surface area (Å²) in [4.78, 5) is 23.8. The molecule has 3 nitrogen and oxygen atoms in total. The first-order chi connectivity index (χ1) is 10.6. The van der Waals surface area contributed by atoms with Gasteiger partial charge in [0.25, 0.3) is 0 Å². The van der Waals surface area contributed by atoms with Crippen LogP contribution in [0.15, 0.2) is 48.5 Å². The monoisotopic (exact) mass is 293 g/mol. The van der Waals surface area contributed by atoms with Crippen molar-refractivity contribution in [2.75, 3.05) is 5.32 Å². The average molecular weight is 293 g/mol. The molecule has 0 spiro atoms. The summed E-state index contributed by atoms with van der Waals surface area (Å²) >= 11 is 0. The minimum Gasteiger partial charge on any atom is -0.326 e. The molecule has 3 heteroatoms. The Balaban J connectivity index is 1.76. The van der Waals surface area contributed by atoms with Gasteiger partial charge in [0.05, 0.1) is 5.92 Å². The number of carbonyl (C=O) groups excluding carboxylic acids is 2. The van der Waals surface area contributed by atoms with E-state index in [2.05, 4.69) is 17.4 Å². The van der Waals surface area contributed by atoms with Crippen molar-refractivity contribution in [1.82, 2.24) is 0 Å². The number of fused-ring (bicyclic) bond motifs is 1. The molecule has 1 aliphatic carbocycles. The summed E-state index contributed by atoms with van der Waals surface area (Å²) < 4.78 is 0. The fraction of sp³-hybridized carbons (Fsp3) is 0.263. The van der Waals surface area contributed by atoms with Gasteiger partial charge in [0.2, 0.25) is 5.91 Å². The predicted molar refractivity (Wildman–Crippen MR) is 87.2 cm³/mol. The summed E-state index contributed by atoms with van der Waals surface area (Å²) in [5, 5.41) is 2.97. The first kappa shape index (κ1) is 14.5. The van der Waals surface area contributed by atoms with Gasteiger partial charge in [0.1, 0.15) is 0 Å². The van der Waals surface area contributed by atoms with Crippen LogP contribution in [-0.4, -0.2) is 11.7 Å². The number of nitrogens with one attached hydrogen (secondary N) is 1. The Hall–Kier alpha value is -2.42. The van der Waals surface area contributed by atoms with Crippen molar-refractivity contribution < 1.29 is 9.59 Å². The second-order valence-electron chi connectivity index (χ2n) is 5.77. The van der Waals surface area contributed by atoms with E-state index in [1.807, 2.05) is 12.1 Å². The zero-order valence-corrected chi connectivity index (χ0v) is 12.6. The van der Waals surface area contributed by atoms with Crippen LogP contribution in [0.4, 0.5) is 5.69 Å². The van der Waals surface area contributed by atoms with Gasteiger partial charge in [-0.1, -0.05) is 24.3 Å². The number of hydrogen-bond acceptors (Lipinski definition) is 2. The molecule has 1 N–H and O–H groups in total. The Bertz CT molecular complexity index is 704. The Morgan fingerprint density at radius 3 is 2.50 bits per heavy atom. The highest BCUT2D eigenvalue weighted by Crippen LogP contribution is 2.32. The SMILES string of the molecule is CC(=O)c1ccc(NC(=O)C2CCCc3ccccc32)cc1. The van der Waals surface area contributed by atoms with Gasteiger partial charge in [-0.3, -0.25) is 9.59 Å². The third-order valence-corrected chi connectivity index (χ3v) is 4.24. The predicted octanol–water partition coefficient (Wildman–Crippen LogP) is 3.95. The zero-order valence-electron chi connectivity index (χ0n) is 12.6. The van der Waals surface area contributed by atoms with Crippen molar-refractivity contribution in [3.05, 3.63) is 65.2 Å². The molecule has 1 amide bonds. The van der Waals surface area contributed by atoms with Crippen LogP contribution in [0.1, 0.15) is 47.2 Å². The standard InChI is InChI=1S/C19H19NO2/c1-13(21)14-9-11-16(12-10-14)20-19(22)18-8-4-6-15-5-2-3-7-17(15)18/h2-3,5,7,9-12,18H,4,6,8H2,1H3,(H,20,22). The Kier molecular flexibility index (Phi) is 4.05. The molecule has 0 aromatic heterocycles. The van der Waals surface area contributed by atoms with E-state index in [0.29, 0.717) is 5.56 Å². The molecule has 2 aromatic rings. The van der Waals surface area contributed by atoms with E-state index in [4.69, 9.17) is 0 Å². The van der Waals surface area contributed by atoms with Crippen LogP contribution < -0.4 is 5.32 Å². The van der Waals surface area contributed by atoms with Crippen LogP contribution in [0.25, 0.3) is 0 Å². The lowest BCUT2D eigenvalue weighted by molar-refractivity contribution is -0.117. The molecule has 2 aromatic carbocycles. The molecular formula is C19H19NO2. The summed E-state index contributed by atoms with van der Waals surface area (Å²) in [7, 11) is 0. The van der Waals surface area contributed by atoms with E-state index in [0.717, 1.165) is 30.5 Å². The lowest BCUT2D eigenvalue weighted by Crippen LogP contribution is -2.24. The molecule has 0 saturated heterocycles. The molecule has 0 radical (unpaired) electrons. The number of Topliss-reactive ketones (excluding diaryl/α,β-unsaturated/α-hetero) is 1. The summed E-state index contributed by atoms with van der Waals surface area (Å²) in [5.41, 5.74) is 3.81. The largest absolute Gasteiger partial charge is 0.326 e. The van der Waals surface area contributed by atoms with E-state index in [9.17, 15) is 9.59 Å². The normalized spacial score (nSPS) is 16.7. The third kappa shape index (κ3) is 2.93. The van der Waals surface area contributed by atoms with Gasteiger partial charge in [0, 0.05) is 11.3 Å². The molecule has 0 aliphatic heterocycles. The number of amides is 1. The molecular weight excluding hydrogens is 274 g/mol. The van der Waals surface area contributed by atoms with Gasteiger partial charge < -0.3 is 5.32 Å². The third-order valence-electron chi connectivity index (χ3n) is 4.24. The first-order valence-electron chi connectivity index (χ1n) is 7.65. The van der Waals surface area contributed by atoms with Gasteiger partial charge >= 0.3 is 0 Å². The number of aryl methyl sites for hydroxylation is 1. The van der Waals surface area contributed by atoms with Gasteiger partial charge in [-0.2, -0.15) is 0 Å². The van der Waals surface area contributed by atoms with Gasteiger partial charge in [-0.05, 0) is 61.6 Å². The number of ketones is 1. The lowest BCUT2D eigenvalue weighted by atomic mass is 9.82. The smallest absolute Gasteiger partial charge is 0.231 e. The van der Waals surface area contributed by atoms with Crippen LogP contribution in [0, 0.1) is 0 Å². The molecule has 3 rings (SSSR count). The number of anilines is 1. The van der Waals surface area contributed by atoms with Crippen LogP contribution in [0.5, 0.6) is 0 Å². The van der Waals surface area contributed by atoms with E-state index >= 15 is 0 Å². The molecule has 0 heterocycles. The van der Waals surface area contributed by atoms with E-state index < -0.39 is 0 Å². The maximum atomic E-state index is 12.6. The molecule has 1 unspecified atom stereocenters. The Morgan fingerprint density at radius 1 is 1.05 bits per heavy atom. The Morgan fingerprint density at radius 2 is 1.77 bits per heavy atom. The number of hydrogen-bond donors (Lipinski definition) is 1. The highest BCUT2D eigenvalue weighted by Gasteiger charge is 2.26. The second kappa shape index (κ2) is 6.14. The van der Waals surface area contributed by atoms with E-state index in [1.54, 1.807) is 24.3 Å². The fourth-order valence-corrected chi connectivity index (χ4v) is 3.04. The van der Waals surface area contributed by atoms with Crippen LogP contribution in [0.2, 0.25) is 0 Å². The Labute approximate surface area is 130 Å². The van der Waals surface area contributed by atoms with Gasteiger partial charge in [-0.15, -0.1) is 0 Å². The molecule has 0 fully saturated rings. The van der Waals surface area contributed by atoms with Crippen molar-refractivity contribution in [2.24, 2.45) is 0 Å². The van der Waals surface area contributed by atoms with E-state index in [-0.39, 0.29) is 17.6 Å². The average Bonchev–Trinajstić information content (AvgIpc) is 2.54. The van der Waals surface area contributed by atoms with Gasteiger partial charge in [-0.25, -0.2) is 0 Å². The van der Waals surface area contributed by atoms with Crippen molar-refractivity contribution >= 4 is 17.4 Å². The molecule has 0 saturated carbocycles. The minimum atomic E-state index is -0.0857. The summed E-state index contributed by atoms with van der Waals surface area (Å²) in [6.07, 6.45) is 2.97. The molecule has 112 valence electrons. The van der Waals surface area contributed by atoms with Crippen molar-refractivity contribution in [3.63, 3.8) is 0 Å². The number of rotatable bonds is 3. The van der Waals surface area contributed by atoms with Crippen LogP contribution in [0.3, 0.4) is 0 Å². The zero-order chi connectivity index (χ0) is 15.5. The van der Waals surface area contributed by atoms with Crippen molar-refractivity contribution in [1.29, 1.82) is 0 Å². The topological polar surface area (TPSA) is 46.2 Å². The van der Waals surface area contributed by atoms with Crippen LogP contribution in [-0.2, 0) is 11.2 Å². The van der Waals surface area contributed by atoms with Crippen molar-refractivity contribution in [3.8, 4) is 0 Å². The molecule has 22 heavy (non-hydrogen) atoms. The summed E-state index contributed by atoms with van der Waals surface area (Å²) in [6.45, 7) is 1.53. The fourth-order valence-electron chi connectivity index (χ4n) is 3.04. The highest BCUT2D eigenvalue weighted by molar-refractivity contribution is 5.97. The van der Waals surface area contributed by atoms with E-state index in [1.165, 1.54) is 12.5 Å². The summed E-state index contributed by atoms with van der Waals surface area (Å²) in [6, 6.07) is 15.2. The van der Waals surface area contributed by atoms with Crippen LogP contribution >= 0.6 is 0 Å². The van der Waals surface area contributed by atoms with Crippen molar-refractivity contribution in [2.45, 2.75) is 32.1 Å². The molecule has 0 bridgehead atoms. The number of carbonyl (C=O) groups is 2. The summed E-state index contributed by atoms with van der Waals surface area (Å²) in [5.74, 6) is -0.0285. The van der Waals surface area contributed by atoms with Gasteiger partial charge in [0.15, 0.2) is 5.78 Å². The first-order valence-corrected chi connectivity index (χ1v) is 7.65. The maximum Gasteiger partial charge on any atom is 0.231 e. The minimum absolute atomic E-state index is 0.0269. The molecule has 1 atom stereocenters. The highest BCUT2D eigenvalue weighted by atomic mass is 16.2. The molecule has 1 aliphatic rings. The number of benzene rings is 2.